The molecule has 51 heavy (non-hydrogen) atoms. The number of quaternary nitrogens is 1. The second-order valence-corrected chi connectivity index (χ2v) is 17.4. The summed E-state index contributed by atoms with van der Waals surface area (Å²) in [6, 6.07) is 0. The van der Waals surface area contributed by atoms with Crippen molar-refractivity contribution in [3.63, 3.8) is 0 Å². The Balaban J connectivity index is 4.47. The molecule has 0 radical (unpaired) electrons. The van der Waals surface area contributed by atoms with Gasteiger partial charge in [0.15, 0.2) is 6.10 Å². The van der Waals surface area contributed by atoms with Crippen LogP contribution in [0.25, 0.3) is 0 Å². The zero-order valence-electron chi connectivity index (χ0n) is 34.2. The number of carbonyl (C=O) groups is 2. The molecule has 0 aromatic carbocycles. The summed E-state index contributed by atoms with van der Waals surface area (Å²) in [6.45, 7) is 6.40. The lowest BCUT2D eigenvalue weighted by Gasteiger charge is -2.28. The molecule has 0 saturated heterocycles. The van der Waals surface area contributed by atoms with Crippen LogP contribution in [0.15, 0.2) is 0 Å². The van der Waals surface area contributed by atoms with E-state index in [1.54, 1.807) is 0 Å². The molecule has 0 spiro atoms. The monoisotopic (exact) mass is 748 g/mol. The maximum atomic E-state index is 12.7. The van der Waals surface area contributed by atoms with Gasteiger partial charge in [0.25, 0.3) is 7.82 Å². The van der Waals surface area contributed by atoms with Crippen LogP contribution in [0.1, 0.15) is 194 Å². The number of ether oxygens (including phenoxy) is 2. The van der Waals surface area contributed by atoms with E-state index < -0.39 is 26.5 Å². The van der Waals surface area contributed by atoms with E-state index in [2.05, 4.69) is 20.8 Å². The van der Waals surface area contributed by atoms with Crippen molar-refractivity contribution in [2.75, 3.05) is 47.5 Å². The molecule has 0 rings (SSSR count). The normalized spacial score (nSPS) is 14.3. The first-order valence-electron chi connectivity index (χ1n) is 21.1. The average molecular weight is 748 g/mol. The molecule has 0 heterocycles. The fourth-order valence-corrected chi connectivity index (χ4v) is 6.76. The van der Waals surface area contributed by atoms with Crippen LogP contribution in [0.4, 0.5) is 0 Å². The van der Waals surface area contributed by atoms with Crippen LogP contribution in [0, 0.1) is 5.92 Å². The van der Waals surface area contributed by atoms with E-state index in [-0.39, 0.29) is 32.0 Å². The Bertz CT molecular complexity index is 865. The van der Waals surface area contributed by atoms with E-state index >= 15 is 0 Å². The Hall–Kier alpha value is -0.990. The molecule has 0 fully saturated rings. The summed E-state index contributed by atoms with van der Waals surface area (Å²) < 4.78 is 33.9. The van der Waals surface area contributed by atoms with Crippen molar-refractivity contribution in [2.24, 2.45) is 5.92 Å². The number of phosphoric ester groups is 1. The number of carbonyl (C=O) groups excluding carboxylic acids is 2. The third-order valence-corrected chi connectivity index (χ3v) is 10.5. The molecule has 0 saturated carbocycles. The predicted octanol–water partition coefficient (Wildman–Crippen LogP) is 10.9. The second kappa shape index (κ2) is 33.6. The van der Waals surface area contributed by atoms with Gasteiger partial charge in [-0.3, -0.25) is 14.2 Å². The minimum atomic E-state index is -4.62. The van der Waals surface area contributed by atoms with Crippen LogP contribution in [0.2, 0.25) is 0 Å². The Morgan fingerprint density at radius 3 is 1.51 bits per heavy atom. The zero-order valence-corrected chi connectivity index (χ0v) is 35.1. The lowest BCUT2D eigenvalue weighted by atomic mass is 9.97. The van der Waals surface area contributed by atoms with Gasteiger partial charge in [0.1, 0.15) is 19.8 Å². The number of likely N-dealkylation sites (N-methyl/N-ethyl adjacent to an activating group) is 1. The van der Waals surface area contributed by atoms with Gasteiger partial charge in [0.05, 0.1) is 27.7 Å². The van der Waals surface area contributed by atoms with E-state index in [1.807, 2.05) is 21.1 Å². The Morgan fingerprint density at radius 1 is 0.588 bits per heavy atom. The van der Waals surface area contributed by atoms with Gasteiger partial charge in [-0.2, -0.15) is 0 Å². The van der Waals surface area contributed by atoms with Crippen molar-refractivity contribution in [1.29, 1.82) is 0 Å². The molecule has 0 N–H and O–H groups in total. The summed E-state index contributed by atoms with van der Waals surface area (Å²) in [7, 11) is 1.17. The van der Waals surface area contributed by atoms with E-state index in [4.69, 9.17) is 18.5 Å². The van der Waals surface area contributed by atoms with Crippen LogP contribution in [0.5, 0.6) is 0 Å². The standard InChI is InChI=1S/C41H82NO8P/c1-7-9-11-13-15-17-19-20-21-23-25-27-29-31-41(44)50-39(37-49-51(45,46)48-35-34-42(4,5)6)36-47-40(43)33-32-38(3)30-28-26-24-22-18-16-14-12-10-8-2/h38-39H,7-37H2,1-6H3/t38-,39+/m0/s1. The highest BCUT2D eigenvalue weighted by atomic mass is 31.2. The summed E-state index contributed by atoms with van der Waals surface area (Å²) in [4.78, 5) is 37.6. The number of hydrogen-bond donors (Lipinski definition) is 0. The van der Waals surface area contributed by atoms with Crippen molar-refractivity contribution >= 4 is 19.8 Å². The average Bonchev–Trinajstić information content (AvgIpc) is 3.07. The van der Waals surface area contributed by atoms with Crippen molar-refractivity contribution in [3.05, 3.63) is 0 Å². The highest BCUT2D eigenvalue weighted by molar-refractivity contribution is 7.45. The number of hydrogen-bond acceptors (Lipinski definition) is 8. The number of esters is 2. The van der Waals surface area contributed by atoms with E-state index in [1.165, 1.54) is 128 Å². The fourth-order valence-electron chi connectivity index (χ4n) is 6.03. The third-order valence-electron chi connectivity index (χ3n) is 9.53. The predicted molar refractivity (Wildman–Crippen MR) is 208 cm³/mol. The van der Waals surface area contributed by atoms with Gasteiger partial charge in [0, 0.05) is 12.8 Å². The molecule has 0 aromatic heterocycles. The Morgan fingerprint density at radius 2 is 1.04 bits per heavy atom. The van der Waals surface area contributed by atoms with Crippen molar-refractivity contribution < 1.29 is 42.1 Å². The summed E-state index contributed by atoms with van der Waals surface area (Å²) in [5, 5.41) is 0. The summed E-state index contributed by atoms with van der Waals surface area (Å²) >= 11 is 0. The maximum absolute atomic E-state index is 12.7. The van der Waals surface area contributed by atoms with Crippen molar-refractivity contribution in [3.8, 4) is 0 Å². The summed E-state index contributed by atoms with van der Waals surface area (Å²) in [5.74, 6) is -0.412. The number of unbranched alkanes of at least 4 members (excludes halogenated alkanes) is 21. The lowest BCUT2D eigenvalue weighted by molar-refractivity contribution is -0.870. The molecule has 0 aromatic rings. The number of nitrogens with zero attached hydrogens (tertiary/aromatic N) is 1. The third kappa shape index (κ3) is 37.1. The fraction of sp³-hybridized carbons (Fsp3) is 0.951. The first kappa shape index (κ1) is 50.0. The maximum Gasteiger partial charge on any atom is 0.306 e. The SMILES string of the molecule is CCCCCCCCCCCCCCCC(=O)O[C@H](COC(=O)CC[C@@H](C)CCCCCCCCCCCC)COP(=O)([O-])OCC[N+](C)(C)C. The number of rotatable bonds is 38. The van der Waals surface area contributed by atoms with Crippen LogP contribution in [-0.4, -0.2) is 70.0 Å². The molecule has 1 unspecified atom stereocenters. The summed E-state index contributed by atoms with van der Waals surface area (Å²) in [6.07, 6.45) is 30.1. The quantitative estimate of drug-likeness (QED) is 0.0266. The second-order valence-electron chi connectivity index (χ2n) is 16.0. The van der Waals surface area contributed by atoms with Crippen LogP contribution in [0.3, 0.4) is 0 Å². The van der Waals surface area contributed by atoms with Crippen LogP contribution in [-0.2, 0) is 32.7 Å². The first-order chi connectivity index (χ1) is 24.4. The topological polar surface area (TPSA) is 111 Å². The minimum Gasteiger partial charge on any atom is -0.756 e. The molecular weight excluding hydrogens is 665 g/mol. The molecule has 0 aliphatic heterocycles. The van der Waals surface area contributed by atoms with Gasteiger partial charge in [-0.05, 0) is 18.8 Å². The van der Waals surface area contributed by atoms with E-state index in [9.17, 15) is 19.0 Å². The Labute approximate surface area is 314 Å². The highest BCUT2D eigenvalue weighted by Gasteiger charge is 2.22. The molecule has 0 aliphatic carbocycles. The van der Waals surface area contributed by atoms with Gasteiger partial charge in [-0.15, -0.1) is 0 Å². The molecule has 0 amide bonds. The minimum absolute atomic E-state index is 0.0277. The lowest BCUT2D eigenvalue weighted by Crippen LogP contribution is -2.37. The molecular formula is C41H82NO8P. The highest BCUT2D eigenvalue weighted by Crippen LogP contribution is 2.38. The zero-order chi connectivity index (χ0) is 38.1. The molecule has 9 nitrogen and oxygen atoms in total. The summed E-state index contributed by atoms with van der Waals surface area (Å²) in [5.41, 5.74) is 0. The molecule has 304 valence electrons. The van der Waals surface area contributed by atoms with Gasteiger partial charge in [-0.1, -0.05) is 168 Å². The first-order valence-corrected chi connectivity index (χ1v) is 22.6. The molecule has 3 atom stereocenters. The van der Waals surface area contributed by atoms with Crippen molar-refractivity contribution in [2.45, 2.75) is 200 Å². The van der Waals surface area contributed by atoms with E-state index in [0.717, 1.165) is 25.7 Å². The van der Waals surface area contributed by atoms with Gasteiger partial charge < -0.3 is 27.9 Å². The smallest absolute Gasteiger partial charge is 0.306 e. The van der Waals surface area contributed by atoms with Gasteiger partial charge in [0.2, 0.25) is 0 Å². The van der Waals surface area contributed by atoms with Gasteiger partial charge >= 0.3 is 11.9 Å². The number of phosphoric acid groups is 1. The van der Waals surface area contributed by atoms with Crippen LogP contribution >= 0.6 is 7.82 Å². The van der Waals surface area contributed by atoms with Gasteiger partial charge in [-0.25, -0.2) is 0 Å². The Kier molecular flexibility index (Phi) is 32.9. The van der Waals surface area contributed by atoms with Crippen LogP contribution < -0.4 is 4.89 Å². The molecule has 10 heteroatoms. The van der Waals surface area contributed by atoms with E-state index in [0.29, 0.717) is 23.4 Å². The molecule has 0 bridgehead atoms. The van der Waals surface area contributed by atoms with Crippen molar-refractivity contribution in [1.82, 2.24) is 0 Å². The molecule has 0 aliphatic rings. The largest absolute Gasteiger partial charge is 0.756 e.